The van der Waals surface area contributed by atoms with Gasteiger partial charge in [-0.05, 0) is 0 Å². The molecular formula is C13H39Au3-13. The molecule has 0 aliphatic carbocycles. The van der Waals surface area contributed by atoms with Crippen molar-refractivity contribution in [3.8, 4) is 0 Å². The molecule has 0 saturated carbocycles. The molecule has 3 heteroatoms. The molecule has 0 heterocycles. The molecule has 0 rings (SSSR count). The Labute approximate surface area is 162 Å². The normalized spacial score (nSPS) is 0. The Hall–Kier alpha value is 2.22. The molecule has 0 saturated heterocycles. The van der Waals surface area contributed by atoms with Crippen LogP contribution in [0.4, 0.5) is 0 Å². The zero-order valence-corrected chi connectivity index (χ0v) is 20.4. The molecule has 0 amide bonds. The average Bonchev–Trinajstić information content (AvgIpc) is 0. The zero-order chi connectivity index (χ0) is 0. The Morgan fingerprint density at radius 1 is 0.125 bits per heavy atom. The van der Waals surface area contributed by atoms with Gasteiger partial charge in [0.05, 0.1) is 0 Å². The second-order valence-corrected chi connectivity index (χ2v) is 0. The molecule has 3 radical (unpaired) electrons. The van der Waals surface area contributed by atoms with Crippen molar-refractivity contribution in [3.05, 3.63) is 96.5 Å². The van der Waals surface area contributed by atoms with Crippen LogP contribution in [0.1, 0.15) is 0 Å². The summed E-state index contributed by atoms with van der Waals surface area (Å²) in [5.74, 6) is 0. The third-order valence-corrected chi connectivity index (χ3v) is 0. The maximum Gasteiger partial charge on any atom is 0 e. The first-order valence-electron chi connectivity index (χ1n) is 0. The summed E-state index contributed by atoms with van der Waals surface area (Å²) in [6, 6.07) is 0. The molecule has 0 aromatic carbocycles. The summed E-state index contributed by atoms with van der Waals surface area (Å²) in [6.45, 7) is 0. The average molecular weight is 786 g/mol. The van der Waals surface area contributed by atoms with Crippen molar-refractivity contribution in [2.24, 2.45) is 0 Å². The van der Waals surface area contributed by atoms with Gasteiger partial charge in [0.1, 0.15) is 0 Å². The SMILES string of the molecule is [Au].[Au].[Au].[CH3-].[CH3-].[CH3-].[CH3-].[CH3-].[CH3-].[CH3-].[CH3-].[CH3-].[CH3-].[CH3-].[CH3-].[CH3-]. The molecule has 0 aliphatic rings. The summed E-state index contributed by atoms with van der Waals surface area (Å²) in [7, 11) is 0. The monoisotopic (exact) mass is 786 g/mol. The van der Waals surface area contributed by atoms with Gasteiger partial charge >= 0.3 is 0 Å². The Kier molecular flexibility index (Phi) is 62900. The second-order valence-electron chi connectivity index (χ2n) is 0. The summed E-state index contributed by atoms with van der Waals surface area (Å²) in [4.78, 5) is 0. The molecule has 0 aromatic rings. The first kappa shape index (κ1) is 1100. The van der Waals surface area contributed by atoms with Crippen LogP contribution in [0.25, 0.3) is 0 Å². The third-order valence-electron chi connectivity index (χ3n) is 0. The van der Waals surface area contributed by atoms with Crippen LogP contribution >= 0.6 is 0 Å². The first-order valence-corrected chi connectivity index (χ1v) is 0. The van der Waals surface area contributed by atoms with Crippen molar-refractivity contribution in [1.82, 2.24) is 0 Å². The fraction of sp³-hybridized carbons (Fsp3) is 0. The molecule has 0 fully saturated rings. The summed E-state index contributed by atoms with van der Waals surface area (Å²) in [5, 5.41) is 0. The number of hydrogen-bond donors (Lipinski definition) is 0. The zero-order valence-electron chi connectivity index (χ0n) is 13.9. The van der Waals surface area contributed by atoms with Crippen molar-refractivity contribution in [2.45, 2.75) is 0 Å². The van der Waals surface area contributed by atoms with E-state index in [-0.39, 0.29) is 164 Å². The molecular weight excluding hydrogens is 747 g/mol. The van der Waals surface area contributed by atoms with Crippen LogP contribution in [0.5, 0.6) is 0 Å². The van der Waals surface area contributed by atoms with Gasteiger partial charge in [-0.15, -0.1) is 0 Å². The maximum absolute atomic E-state index is 0. The second kappa shape index (κ2) is 919. The molecule has 137 valence electrons. The van der Waals surface area contributed by atoms with Gasteiger partial charge < -0.3 is 96.5 Å². The van der Waals surface area contributed by atoms with Crippen molar-refractivity contribution >= 4 is 0 Å². The standard InChI is InChI=1S/13CH3.3Au/h13*1H3;;;/q13*-1;;;. The van der Waals surface area contributed by atoms with Crippen LogP contribution < -0.4 is 0 Å². The Morgan fingerprint density at radius 2 is 0.125 bits per heavy atom. The van der Waals surface area contributed by atoms with E-state index in [1.165, 1.54) is 0 Å². The minimum Gasteiger partial charge on any atom is -0.358 e. The van der Waals surface area contributed by atoms with Gasteiger partial charge in [-0.2, -0.15) is 0 Å². The first-order chi connectivity index (χ1) is 0. The summed E-state index contributed by atoms with van der Waals surface area (Å²) < 4.78 is 0. The number of hydrogen-bond acceptors (Lipinski definition) is 0. The molecule has 0 bridgehead atoms. The summed E-state index contributed by atoms with van der Waals surface area (Å²) >= 11 is 0. The van der Waals surface area contributed by atoms with Gasteiger partial charge in [0, 0.05) is 67.1 Å². The van der Waals surface area contributed by atoms with Crippen LogP contribution in [0.3, 0.4) is 0 Å². The largest absolute Gasteiger partial charge is 0.358 e. The van der Waals surface area contributed by atoms with E-state index < -0.39 is 0 Å². The van der Waals surface area contributed by atoms with E-state index >= 15 is 0 Å². The molecule has 0 aromatic heterocycles. The fourth-order valence-corrected chi connectivity index (χ4v) is 0. The smallest absolute Gasteiger partial charge is 0 e. The summed E-state index contributed by atoms with van der Waals surface area (Å²) in [5.41, 5.74) is 0. The molecule has 0 nitrogen and oxygen atoms in total. The molecule has 0 aliphatic heterocycles. The van der Waals surface area contributed by atoms with Gasteiger partial charge in [0.15, 0.2) is 0 Å². The predicted octanol–water partition coefficient (Wildman–Crippen LogP) is 5.85. The predicted molar refractivity (Wildman–Crippen MR) is 83.4 cm³/mol. The molecule has 0 spiro atoms. The fourth-order valence-electron chi connectivity index (χ4n) is 0. The van der Waals surface area contributed by atoms with Gasteiger partial charge in [-0.25, -0.2) is 0 Å². The maximum atomic E-state index is 0. The van der Waals surface area contributed by atoms with E-state index in [9.17, 15) is 0 Å². The van der Waals surface area contributed by atoms with Gasteiger partial charge in [0.25, 0.3) is 0 Å². The summed E-state index contributed by atoms with van der Waals surface area (Å²) in [6.07, 6.45) is 0. The quantitative estimate of drug-likeness (QED) is 0.214. The Bertz CT molecular complexity index is 11.1. The Morgan fingerprint density at radius 3 is 0.125 bits per heavy atom. The molecule has 0 unspecified atom stereocenters. The topological polar surface area (TPSA) is 0 Å². The van der Waals surface area contributed by atoms with Crippen LogP contribution in [-0.2, 0) is 67.1 Å². The van der Waals surface area contributed by atoms with E-state index in [1.54, 1.807) is 0 Å². The minimum atomic E-state index is 0. The van der Waals surface area contributed by atoms with Crippen LogP contribution in [0, 0.1) is 96.5 Å². The Balaban J connectivity index is 0. The molecule has 0 N–H and O–H groups in total. The van der Waals surface area contributed by atoms with Crippen LogP contribution in [0.2, 0.25) is 0 Å². The van der Waals surface area contributed by atoms with Gasteiger partial charge in [-0.3, -0.25) is 0 Å². The minimum absolute atomic E-state index is 0. The van der Waals surface area contributed by atoms with Gasteiger partial charge in [0.2, 0.25) is 0 Å². The number of rotatable bonds is 0. The van der Waals surface area contributed by atoms with Crippen molar-refractivity contribution < 1.29 is 67.1 Å². The van der Waals surface area contributed by atoms with E-state index in [4.69, 9.17) is 0 Å². The third kappa shape index (κ3) is 762. The van der Waals surface area contributed by atoms with Crippen molar-refractivity contribution in [1.29, 1.82) is 0 Å². The molecule has 16 heavy (non-hydrogen) atoms. The van der Waals surface area contributed by atoms with E-state index in [2.05, 4.69) is 0 Å². The van der Waals surface area contributed by atoms with Gasteiger partial charge in [-0.1, -0.05) is 0 Å². The molecule has 0 atom stereocenters. The van der Waals surface area contributed by atoms with E-state index in [1.807, 2.05) is 0 Å². The van der Waals surface area contributed by atoms with Crippen molar-refractivity contribution in [2.75, 3.05) is 0 Å². The van der Waals surface area contributed by atoms with E-state index in [0.717, 1.165) is 0 Å². The van der Waals surface area contributed by atoms with E-state index in [0.29, 0.717) is 0 Å². The van der Waals surface area contributed by atoms with Crippen LogP contribution in [-0.4, -0.2) is 0 Å². The van der Waals surface area contributed by atoms with Crippen molar-refractivity contribution in [3.63, 3.8) is 0 Å². The van der Waals surface area contributed by atoms with Crippen LogP contribution in [0.15, 0.2) is 0 Å².